The number of carbonyl (C=O) groups is 4. The fraction of sp³-hybridized carbons (Fsp3) is 0.500. The highest BCUT2D eigenvalue weighted by Crippen LogP contribution is 2.21. The topological polar surface area (TPSA) is 109 Å². The van der Waals surface area contributed by atoms with Crippen LogP contribution >= 0.6 is 11.3 Å². The van der Waals surface area contributed by atoms with Crippen molar-refractivity contribution in [2.24, 2.45) is 11.8 Å². The van der Waals surface area contributed by atoms with Gasteiger partial charge < -0.3 is 19.9 Å². The van der Waals surface area contributed by atoms with E-state index in [1.165, 1.54) is 40.5 Å². The predicted molar refractivity (Wildman–Crippen MR) is 138 cm³/mol. The molecule has 0 saturated carbocycles. The number of hydrogen-bond acceptors (Lipinski definition) is 7. The first-order valence-electron chi connectivity index (χ1n) is 12.4. The van der Waals surface area contributed by atoms with Gasteiger partial charge in [0.15, 0.2) is 5.13 Å². The molecule has 0 aliphatic carbocycles. The van der Waals surface area contributed by atoms with Crippen LogP contribution in [0.1, 0.15) is 49.7 Å². The van der Waals surface area contributed by atoms with E-state index in [9.17, 15) is 23.6 Å². The van der Waals surface area contributed by atoms with E-state index in [-0.39, 0.29) is 42.6 Å². The molecule has 1 aliphatic rings. The molecule has 200 valence electrons. The van der Waals surface area contributed by atoms with Gasteiger partial charge in [0, 0.05) is 30.6 Å². The highest BCUT2D eigenvalue weighted by molar-refractivity contribution is 7.13. The summed E-state index contributed by atoms with van der Waals surface area (Å²) < 4.78 is 18.3. The fourth-order valence-electron chi connectivity index (χ4n) is 4.14. The molecule has 3 amide bonds. The van der Waals surface area contributed by atoms with Crippen LogP contribution in [-0.2, 0) is 25.5 Å². The molecule has 1 N–H and O–H groups in total. The maximum absolute atomic E-state index is 13.2. The van der Waals surface area contributed by atoms with Gasteiger partial charge in [0.2, 0.25) is 11.8 Å². The zero-order valence-electron chi connectivity index (χ0n) is 21.4. The summed E-state index contributed by atoms with van der Waals surface area (Å²) in [7, 11) is 0. The molecule has 0 spiro atoms. The first-order valence-corrected chi connectivity index (χ1v) is 13.3. The number of rotatable bonds is 10. The maximum atomic E-state index is 13.2. The van der Waals surface area contributed by atoms with Crippen LogP contribution in [0.25, 0.3) is 0 Å². The van der Waals surface area contributed by atoms with Crippen molar-refractivity contribution in [2.75, 3.05) is 38.1 Å². The smallest absolute Gasteiger partial charge is 0.310 e. The Morgan fingerprint density at radius 2 is 1.97 bits per heavy atom. The molecule has 9 nitrogen and oxygen atoms in total. The highest BCUT2D eigenvalue weighted by Gasteiger charge is 2.29. The number of anilines is 1. The van der Waals surface area contributed by atoms with E-state index in [1.54, 1.807) is 17.2 Å². The summed E-state index contributed by atoms with van der Waals surface area (Å²) >= 11 is 1.19. The third kappa shape index (κ3) is 8.34. The van der Waals surface area contributed by atoms with Crippen molar-refractivity contribution >= 4 is 40.2 Å². The van der Waals surface area contributed by atoms with Gasteiger partial charge in [0.05, 0.1) is 24.6 Å². The molecule has 0 radical (unpaired) electrons. The monoisotopic (exact) mass is 532 g/mol. The first-order chi connectivity index (χ1) is 17.7. The fourth-order valence-corrected chi connectivity index (χ4v) is 4.86. The molecule has 1 atom stereocenters. The van der Waals surface area contributed by atoms with Crippen molar-refractivity contribution in [1.82, 2.24) is 14.8 Å². The second-order valence-electron chi connectivity index (χ2n) is 9.39. The lowest BCUT2D eigenvalue weighted by Gasteiger charge is -2.31. The molecule has 3 rings (SSSR count). The van der Waals surface area contributed by atoms with Gasteiger partial charge in [-0.3, -0.25) is 19.2 Å². The van der Waals surface area contributed by atoms with Crippen LogP contribution in [0, 0.1) is 17.7 Å². The van der Waals surface area contributed by atoms with E-state index in [0.29, 0.717) is 49.1 Å². The Bertz CT molecular complexity index is 1100. The SMILES string of the molecule is CCOC(=O)C1CCCN(C(=O)Cc2csc(NC(=O)CN(CC(C)C)C(=O)c3ccc(F)cc3)n2)C1. The van der Waals surface area contributed by atoms with Gasteiger partial charge in [-0.2, -0.15) is 0 Å². The van der Waals surface area contributed by atoms with Crippen molar-refractivity contribution in [3.63, 3.8) is 0 Å². The lowest BCUT2D eigenvalue weighted by atomic mass is 9.98. The summed E-state index contributed by atoms with van der Waals surface area (Å²) in [6, 6.07) is 5.20. The summed E-state index contributed by atoms with van der Waals surface area (Å²) in [5.74, 6) is -1.83. The van der Waals surface area contributed by atoms with Crippen LogP contribution in [0.5, 0.6) is 0 Å². The van der Waals surface area contributed by atoms with E-state index in [2.05, 4.69) is 10.3 Å². The number of esters is 1. The van der Waals surface area contributed by atoms with Crippen molar-refractivity contribution in [2.45, 2.75) is 40.0 Å². The lowest BCUT2D eigenvalue weighted by Crippen LogP contribution is -2.43. The van der Waals surface area contributed by atoms with Gasteiger partial charge in [-0.05, 0) is 49.9 Å². The number of amides is 3. The normalized spacial score (nSPS) is 15.4. The second-order valence-corrected chi connectivity index (χ2v) is 10.2. The molecule has 0 bridgehead atoms. The largest absolute Gasteiger partial charge is 0.466 e. The number of halogens is 1. The number of nitrogens with one attached hydrogen (secondary N) is 1. The van der Waals surface area contributed by atoms with Gasteiger partial charge in [-0.1, -0.05) is 13.8 Å². The van der Waals surface area contributed by atoms with E-state index >= 15 is 0 Å². The van der Waals surface area contributed by atoms with Gasteiger partial charge in [-0.15, -0.1) is 11.3 Å². The summed E-state index contributed by atoms with van der Waals surface area (Å²) in [6.45, 7) is 7.01. The van der Waals surface area contributed by atoms with Crippen molar-refractivity contribution in [3.05, 3.63) is 46.7 Å². The van der Waals surface area contributed by atoms with Crippen LogP contribution in [0.2, 0.25) is 0 Å². The summed E-state index contributed by atoms with van der Waals surface area (Å²) in [5.41, 5.74) is 0.817. The molecule has 1 aromatic carbocycles. The summed E-state index contributed by atoms with van der Waals surface area (Å²) in [4.78, 5) is 57.9. The molecule has 11 heteroatoms. The Morgan fingerprint density at radius 3 is 2.65 bits per heavy atom. The standard InChI is InChI=1S/C26H33FN4O5S/c1-4-36-25(35)19-6-5-11-30(14-19)23(33)12-21-16-37-26(28-21)29-22(32)15-31(13-17(2)3)24(34)18-7-9-20(27)10-8-18/h7-10,16-17,19H,4-6,11-15H2,1-3H3,(H,28,29,32). The van der Waals surface area contributed by atoms with Crippen molar-refractivity contribution < 1.29 is 28.3 Å². The Balaban J connectivity index is 1.56. The number of carbonyl (C=O) groups excluding carboxylic acids is 4. The Hall–Kier alpha value is -3.34. The van der Waals surface area contributed by atoms with E-state index in [0.717, 1.165) is 6.42 Å². The van der Waals surface area contributed by atoms with Crippen LogP contribution in [0.15, 0.2) is 29.6 Å². The van der Waals surface area contributed by atoms with Crippen molar-refractivity contribution in [3.8, 4) is 0 Å². The molecule has 1 aliphatic heterocycles. The molecule has 2 heterocycles. The van der Waals surface area contributed by atoms with Gasteiger partial charge in [0.25, 0.3) is 5.91 Å². The number of ether oxygens (including phenoxy) is 1. The van der Waals surface area contributed by atoms with Crippen LogP contribution < -0.4 is 5.32 Å². The van der Waals surface area contributed by atoms with Crippen LogP contribution in [0.3, 0.4) is 0 Å². The second kappa shape index (κ2) is 13.3. The minimum atomic E-state index is -0.443. The third-order valence-electron chi connectivity index (χ3n) is 5.82. The zero-order valence-corrected chi connectivity index (χ0v) is 22.2. The molecule has 1 fully saturated rings. The lowest BCUT2D eigenvalue weighted by molar-refractivity contribution is -0.151. The Morgan fingerprint density at radius 1 is 1.24 bits per heavy atom. The maximum Gasteiger partial charge on any atom is 0.310 e. The molecule has 2 aromatic rings. The molecular formula is C26H33FN4O5S. The Labute approximate surface area is 220 Å². The number of nitrogens with zero attached hydrogens (tertiary/aromatic N) is 3. The Kier molecular flexibility index (Phi) is 10.1. The van der Waals surface area contributed by atoms with Gasteiger partial charge >= 0.3 is 5.97 Å². The van der Waals surface area contributed by atoms with E-state index in [1.807, 2.05) is 13.8 Å². The number of thiazole rings is 1. The van der Waals surface area contributed by atoms with Crippen molar-refractivity contribution in [1.29, 1.82) is 0 Å². The molecule has 1 saturated heterocycles. The minimum absolute atomic E-state index is 0.0600. The number of hydrogen-bond donors (Lipinski definition) is 1. The van der Waals surface area contributed by atoms with Gasteiger partial charge in [0.1, 0.15) is 12.4 Å². The van der Waals surface area contributed by atoms with Crippen LogP contribution in [0.4, 0.5) is 9.52 Å². The number of likely N-dealkylation sites (tertiary alicyclic amines) is 1. The minimum Gasteiger partial charge on any atom is -0.466 e. The summed E-state index contributed by atoms with van der Waals surface area (Å²) in [6.07, 6.45) is 1.49. The number of aromatic nitrogens is 1. The predicted octanol–water partition coefficient (Wildman–Crippen LogP) is 3.36. The average molecular weight is 533 g/mol. The van der Waals surface area contributed by atoms with Crippen LogP contribution in [-0.4, -0.2) is 71.3 Å². The number of piperidine rings is 1. The molecule has 1 aromatic heterocycles. The van der Waals surface area contributed by atoms with E-state index < -0.39 is 11.7 Å². The molecule has 1 unspecified atom stereocenters. The zero-order chi connectivity index (χ0) is 26.9. The molecule has 37 heavy (non-hydrogen) atoms. The third-order valence-corrected chi connectivity index (χ3v) is 6.63. The first kappa shape index (κ1) is 28.2. The van der Waals surface area contributed by atoms with E-state index in [4.69, 9.17) is 4.74 Å². The molecular weight excluding hydrogens is 499 g/mol. The summed E-state index contributed by atoms with van der Waals surface area (Å²) in [5, 5.41) is 4.73. The average Bonchev–Trinajstić information content (AvgIpc) is 3.29. The number of benzene rings is 1. The quantitative estimate of drug-likeness (QED) is 0.470. The van der Waals surface area contributed by atoms with Gasteiger partial charge in [-0.25, -0.2) is 9.37 Å². The highest BCUT2D eigenvalue weighted by atomic mass is 32.1.